The number of hydrogen-bond donors (Lipinski definition) is 1. The minimum Gasteiger partial charge on any atom is -0.449 e. The molecule has 2 aliphatic rings. The van der Waals surface area contributed by atoms with E-state index in [0.717, 1.165) is 61.4 Å². The Bertz CT molecular complexity index is 1190. The van der Waals surface area contributed by atoms with Gasteiger partial charge < -0.3 is 9.72 Å². The molecule has 1 N–H and O–H groups in total. The number of rotatable bonds is 3. The van der Waals surface area contributed by atoms with Crippen LogP contribution in [0.15, 0.2) is 24.4 Å². The van der Waals surface area contributed by atoms with Gasteiger partial charge in [-0.1, -0.05) is 6.42 Å². The smallest absolute Gasteiger partial charge is 0.417 e. The molecular weight excluding hydrogens is 423 g/mol. The van der Waals surface area contributed by atoms with Crippen molar-refractivity contribution in [3.8, 4) is 0 Å². The molecule has 0 spiro atoms. The van der Waals surface area contributed by atoms with E-state index in [9.17, 15) is 18.0 Å². The molecule has 0 atom stereocenters. The van der Waals surface area contributed by atoms with Crippen LogP contribution in [0.4, 0.5) is 23.7 Å². The van der Waals surface area contributed by atoms with E-state index in [2.05, 4.69) is 15.0 Å². The monoisotopic (exact) mass is 445 g/mol. The molecule has 0 aromatic carbocycles. The zero-order chi connectivity index (χ0) is 22.5. The van der Waals surface area contributed by atoms with Crippen LogP contribution in [0.3, 0.4) is 0 Å². The number of aromatic amines is 1. The van der Waals surface area contributed by atoms with Crippen LogP contribution >= 0.6 is 0 Å². The standard InChI is InChI=1S/C22H22F3N5O2/c1-2-32-20(31)30-10-3-5-14-16(30)6-7-17(27-14)21(8-4-9-21)19-28-15-11-13(22(23,24)25)12-26-18(15)29-19/h6-7,11-12H,2-5,8-10H2,1H3,(H,26,28,29). The topological polar surface area (TPSA) is 84.0 Å². The highest BCUT2D eigenvalue weighted by atomic mass is 19.4. The molecule has 0 saturated heterocycles. The second kappa shape index (κ2) is 7.46. The van der Waals surface area contributed by atoms with Gasteiger partial charge in [-0.3, -0.25) is 9.88 Å². The third kappa shape index (κ3) is 3.28. The summed E-state index contributed by atoms with van der Waals surface area (Å²) in [6.45, 7) is 2.65. The summed E-state index contributed by atoms with van der Waals surface area (Å²) in [6.07, 6.45) is 0.0173. The minimum atomic E-state index is -4.47. The lowest BCUT2D eigenvalue weighted by molar-refractivity contribution is -0.137. The van der Waals surface area contributed by atoms with Gasteiger partial charge in [-0.15, -0.1) is 0 Å². The number of carbonyl (C=O) groups excluding carboxylic acids is 1. The fraction of sp³-hybridized carbons (Fsp3) is 0.455. The number of imidazole rings is 1. The van der Waals surface area contributed by atoms with E-state index in [1.54, 1.807) is 11.8 Å². The first-order chi connectivity index (χ1) is 15.3. The first-order valence-electron chi connectivity index (χ1n) is 10.7. The molecule has 32 heavy (non-hydrogen) atoms. The average molecular weight is 445 g/mol. The first kappa shape index (κ1) is 20.7. The maximum Gasteiger partial charge on any atom is 0.417 e. The van der Waals surface area contributed by atoms with Crippen LogP contribution in [0.25, 0.3) is 11.2 Å². The van der Waals surface area contributed by atoms with Crippen LogP contribution < -0.4 is 4.90 Å². The fourth-order valence-corrected chi connectivity index (χ4v) is 4.53. The number of hydrogen-bond acceptors (Lipinski definition) is 5. The number of aryl methyl sites for hydroxylation is 1. The SMILES string of the molecule is CCOC(=O)N1CCCc2nc(C3(c4nc5cc(C(F)(F)F)cnc5[nH]4)CCC3)ccc21. The summed E-state index contributed by atoms with van der Waals surface area (Å²) in [6, 6.07) is 4.79. The van der Waals surface area contributed by atoms with Crippen molar-refractivity contribution in [3.05, 3.63) is 47.2 Å². The van der Waals surface area contributed by atoms with Crippen molar-refractivity contribution in [2.24, 2.45) is 0 Å². The third-order valence-corrected chi connectivity index (χ3v) is 6.34. The normalized spacial score (nSPS) is 17.7. The average Bonchev–Trinajstić information content (AvgIpc) is 3.15. The van der Waals surface area contributed by atoms with Crippen molar-refractivity contribution in [1.82, 2.24) is 19.9 Å². The van der Waals surface area contributed by atoms with Crippen LogP contribution in [-0.2, 0) is 22.7 Å². The molecule has 1 aliphatic carbocycles. The quantitative estimate of drug-likeness (QED) is 0.629. The number of ether oxygens (including phenoxy) is 1. The number of fused-ring (bicyclic) bond motifs is 2. The molecule has 3 aromatic heterocycles. The van der Waals surface area contributed by atoms with Gasteiger partial charge in [0, 0.05) is 12.7 Å². The maximum atomic E-state index is 13.1. The number of amides is 1. The zero-order valence-corrected chi connectivity index (χ0v) is 17.5. The lowest BCUT2D eigenvalue weighted by Crippen LogP contribution is -2.39. The van der Waals surface area contributed by atoms with Crippen molar-refractivity contribution in [3.63, 3.8) is 0 Å². The molecule has 7 nitrogen and oxygen atoms in total. The number of H-pyrrole nitrogens is 1. The van der Waals surface area contributed by atoms with Crippen LogP contribution in [0.1, 0.15) is 55.4 Å². The molecule has 3 aromatic rings. The van der Waals surface area contributed by atoms with E-state index < -0.39 is 17.2 Å². The summed E-state index contributed by atoms with van der Waals surface area (Å²) in [5, 5.41) is 0. The molecule has 10 heteroatoms. The van der Waals surface area contributed by atoms with Crippen molar-refractivity contribution in [2.75, 3.05) is 18.1 Å². The number of nitrogens with one attached hydrogen (secondary N) is 1. The van der Waals surface area contributed by atoms with E-state index in [1.165, 1.54) is 0 Å². The zero-order valence-electron chi connectivity index (χ0n) is 17.5. The fourth-order valence-electron chi connectivity index (χ4n) is 4.53. The number of carbonyl (C=O) groups is 1. The molecular formula is C22H22F3N5O2. The molecule has 1 amide bonds. The van der Waals surface area contributed by atoms with Crippen LogP contribution in [0.2, 0.25) is 0 Å². The molecule has 0 radical (unpaired) electrons. The van der Waals surface area contributed by atoms with E-state index >= 15 is 0 Å². The summed E-state index contributed by atoms with van der Waals surface area (Å²) in [5.74, 6) is 0.580. The van der Waals surface area contributed by atoms with Gasteiger partial charge in [-0.25, -0.2) is 14.8 Å². The first-order valence-corrected chi connectivity index (χ1v) is 10.7. The lowest BCUT2D eigenvalue weighted by Gasteiger charge is -2.40. The number of halogens is 3. The van der Waals surface area contributed by atoms with Gasteiger partial charge in [0.2, 0.25) is 0 Å². The Morgan fingerprint density at radius 2 is 2.06 bits per heavy atom. The van der Waals surface area contributed by atoms with Gasteiger partial charge in [-0.2, -0.15) is 13.2 Å². The Morgan fingerprint density at radius 3 is 2.75 bits per heavy atom. The van der Waals surface area contributed by atoms with Crippen molar-refractivity contribution < 1.29 is 22.7 Å². The van der Waals surface area contributed by atoms with Gasteiger partial charge >= 0.3 is 12.3 Å². The summed E-state index contributed by atoms with van der Waals surface area (Å²) in [5.41, 5.74) is 1.56. The molecule has 1 fully saturated rings. The summed E-state index contributed by atoms with van der Waals surface area (Å²) in [7, 11) is 0. The summed E-state index contributed by atoms with van der Waals surface area (Å²) >= 11 is 0. The molecule has 168 valence electrons. The second-order valence-electron chi connectivity index (χ2n) is 8.23. The third-order valence-electron chi connectivity index (χ3n) is 6.34. The summed E-state index contributed by atoms with van der Waals surface area (Å²) in [4.78, 5) is 30.4. The van der Waals surface area contributed by atoms with E-state index in [0.29, 0.717) is 24.6 Å². The van der Waals surface area contributed by atoms with Crippen molar-refractivity contribution in [1.29, 1.82) is 0 Å². The van der Waals surface area contributed by atoms with Crippen LogP contribution in [-0.4, -0.2) is 39.2 Å². The Morgan fingerprint density at radius 1 is 1.25 bits per heavy atom. The highest BCUT2D eigenvalue weighted by Gasteiger charge is 2.45. The lowest BCUT2D eigenvalue weighted by atomic mass is 9.65. The minimum absolute atomic E-state index is 0.188. The number of alkyl halides is 3. The van der Waals surface area contributed by atoms with Crippen molar-refractivity contribution in [2.45, 2.75) is 50.6 Å². The molecule has 0 bridgehead atoms. The summed E-state index contributed by atoms with van der Waals surface area (Å²) < 4.78 is 44.4. The second-order valence-corrected chi connectivity index (χ2v) is 8.23. The van der Waals surface area contributed by atoms with Crippen molar-refractivity contribution >= 4 is 22.9 Å². The Balaban J connectivity index is 1.53. The number of pyridine rings is 2. The molecule has 1 aliphatic heterocycles. The Hall–Kier alpha value is -3.17. The largest absolute Gasteiger partial charge is 0.449 e. The highest BCUT2D eigenvalue weighted by Crippen LogP contribution is 2.48. The highest BCUT2D eigenvalue weighted by molar-refractivity contribution is 5.88. The van der Waals surface area contributed by atoms with Gasteiger partial charge in [0.05, 0.1) is 34.7 Å². The molecule has 0 unspecified atom stereocenters. The van der Waals surface area contributed by atoms with Gasteiger partial charge in [-0.05, 0) is 50.8 Å². The van der Waals surface area contributed by atoms with Crippen LogP contribution in [0.5, 0.6) is 0 Å². The van der Waals surface area contributed by atoms with Crippen LogP contribution in [0, 0.1) is 0 Å². The molecule has 4 heterocycles. The maximum absolute atomic E-state index is 13.1. The number of anilines is 1. The predicted octanol–water partition coefficient (Wildman–Crippen LogP) is 4.75. The molecule has 5 rings (SSSR count). The molecule has 1 saturated carbocycles. The van der Waals surface area contributed by atoms with Gasteiger partial charge in [0.25, 0.3) is 0 Å². The van der Waals surface area contributed by atoms with E-state index in [1.807, 2.05) is 12.1 Å². The van der Waals surface area contributed by atoms with Gasteiger partial charge in [0.15, 0.2) is 5.65 Å². The van der Waals surface area contributed by atoms with Gasteiger partial charge in [0.1, 0.15) is 11.3 Å². The predicted molar refractivity (Wildman–Crippen MR) is 110 cm³/mol. The number of nitrogens with zero attached hydrogens (tertiary/aromatic N) is 4. The Kier molecular flexibility index (Phi) is 4.83. The van der Waals surface area contributed by atoms with E-state index in [-0.39, 0.29) is 11.6 Å². The number of aromatic nitrogens is 4. The Labute approximate surface area is 182 Å². The van der Waals surface area contributed by atoms with E-state index in [4.69, 9.17) is 9.72 Å².